The van der Waals surface area contributed by atoms with Crippen LogP contribution in [0, 0.1) is 0 Å². The van der Waals surface area contributed by atoms with E-state index in [1.807, 2.05) is 27.7 Å². The van der Waals surface area contributed by atoms with Gasteiger partial charge in [-0.1, -0.05) is 394 Å². The molecule has 0 saturated heterocycles. The van der Waals surface area contributed by atoms with Crippen molar-refractivity contribution in [2.45, 2.75) is 214 Å². The smallest absolute Gasteiger partial charge is 0.00735 e. The summed E-state index contributed by atoms with van der Waals surface area (Å²) in [6, 6.07) is 89.7. The molecule has 0 aliphatic heterocycles. The van der Waals surface area contributed by atoms with Crippen LogP contribution in [-0.4, -0.2) is 0 Å². The molecule has 12 aromatic carbocycles. The van der Waals surface area contributed by atoms with Crippen molar-refractivity contribution >= 4 is 0 Å². The van der Waals surface area contributed by atoms with Gasteiger partial charge in [0.25, 0.3) is 0 Å². The normalized spacial score (nSPS) is 13.3. The molecule has 0 radical (unpaired) electrons. The zero-order chi connectivity index (χ0) is 74.4. The molecule has 0 aromatic heterocycles. The lowest BCUT2D eigenvalue weighted by Crippen LogP contribution is -1.90. The third-order valence-corrected chi connectivity index (χ3v) is 19.8. The molecule has 0 fully saturated rings. The van der Waals surface area contributed by atoms with Crippen LogP contribution in [0.1, 0.15) is 264 Å². The minimum atomic E-state index is 0.509. The highest BCUT2D eigenvalue weighted by molar-refractivity contribution is 5.97. The Kier molecular flexibility index (Phi) is 29.1. The van der Waals surface area contributed by atoms with E-state index in [0.29, 0.717) is 11.8 Å². The van der Waals surface area contributed by atoms with Crippen LogP contribution in [0.15, 0.2) is 243 Å². The van der Waals surface area contributed by atoms with Crippen LogP contribution in [0.2, 0.25) is 0 Å². The van der Waals surface area contributed by atoms with Gasteiger partial charge in [-0.25, -0.2) is 0 Å². The Bertz CT molecular complexity index is 4700. The van der Waals surface area contributed by atoms with Gasteiger partial charge in [0.1, 0.15) is 0 Å². The average Bonchev–Trinajstić information content (AvgIpc) is 1.59. The van der Waals surface area contributed by atoms with Crippen LogP contribution in [0.5, 0.6) is 0 Å². The highest BCUT2D eigenvalue weighted by atomic mass is 14.4. The van der Waals surface area contributed by atoms with E-state index >= 15 is 0 Å². The van der Waals surface area contributed by atoms with Crippen LogP contribution in [0.4, 0.5) is 0 Å². The van der Waals surface area contributed by atoms with Crippen LogP contribution < -0.4 is 0 Å². The Balaban J connectivity index is 0.000000147. The fourth-order valence-electron chi connectivity index (χ4n) is 16.0. The van der Waals surface area contributed by atoms with Gasteiger partial charge < -0.3 is 0 Å². The highest BCUT2D eigenvalue weighted by Crippen LogP contribution is 2.54. The molecule has 8 aliphatic rings. The van der Waals surface area contributed by atoms with E-state index in [-0.39, 0.29) is 0 Å². The Morgan fingerprint density at radius 1 is 0.192 bits per heavy atom. The molecule has 0 bridgehead atoms. The highest BCUT2D eigenvalue weighted by Gasteiger charge is 2.34. The topological polar surface area (TPSA) is 0 Å². The summed E-state index contributed by atoms with van der Waals surface area (Å²) < 4.78 is 0. The number of benzene rings is 12. The summed E-state index contributed by atoms with van der Waals surface area (Å²) in [5, 5.41) is 0. The summed E-state index contributed by atoms with van der Waals surface area (Å²) in [6.45, 7) is 38.2. The van der Waals surface area contributed by atoms with Crippen molar-refractivity contribution in [1.82, 2.24) is 0 Å². The molecule has 0 N–H and O–H groups in total. The minimum Gasteiger partial charge on any atom is -0.0683 e. The molecule has 0 heteroatoms. The number of hydrogen-bond donors (Lipinski definition) is 0. The summed E-state index contributed by atoms with van der Waals surface area (Å²) in [5.41, 5.74) is 47.1. The second kappa shape index (κ2) is 38.4. The van der Waals surface area contributed by atoms with E-state index in [4.69, 9.17) is 0 Å². The number of fused-ring (bicyclic) bond motifs is 27. The molecule has 12 aromatic rings. The summed E-state index contributed by atoms with van der Waals surface area (Å²) in [5.74, 6) is 1.02. The van der Waals surface area contributed by atoms with Gasteiger partial charge in [0.2, 0.25) is 0 Å². The first-order valence-electron chi connectivity index (χ1n) is 40.3. The van der Waals surface area contributed by atoms with Crippen molar-refractivity contribution in [3.63, 3.8) is 0 Å². The summed E-state index contributed by atoms with van der Waals surface area (Å²) in [6.07, 6.45) is 14.0. The molecule has 8 aliphatic carbocycles. The Morgan fingerprint density at radius 3 is 0.933 bits per heavy atom. The third kappa shape index (κ3) is 16.4. The van der Waals surface area contributed by atoms with Gasteiger partial charge >= 0.3 is 0 Å². The summed E-state index contributed by atoms with van der Waals surface area (Å²) >= 11 is 0. The maximum absolute atomic E-state index is 2.45. The molecule has 0 heterocycles. The quantitative estimate of drug-likeness (QED) is 0.142. The second-order valence-corrected chi connectivity index (χ2v) is 28.3. The van der Waals surface area contributed by atoms with Crippen LogP contribution >= 0.6 is 0 Å². The minimum absolute atomic E-state index is 0.509. The SMILES string of the molecule is CC.CC.CC1c2ccccc2-c2c1ccc1c2-c2ccccc2C1.CC1c2ccccc2-c2cc3c(cc21)-c1ccccc1C3.CCC.CCC.CCC.CCC.CCC.CCC.c1ccc2c(c1)Cc1c-2ccc2c1-c1ccccc1C2.c1ccc2c(c1)Cc1c-2ccc2c1Cc1ccccc1-2. The van der Waals surface area contributed by atoms with Gasteiger partial charge in [-0.05, 0) is 229 Å². The number of rotatable bonds is 0. The molecule has 0 nitrogen and oxygen atoms in total. The van der Waals surface area contributed by atoms with Gasteiger partial charge in [-0.15, -0.1) is 0 Å². The lowest BCUT2D eigenvalue weighted by atomic mass is 9.93. The van der Waals surface area contributed by atoms with E-state index in [1.54, 1.807) is 11.1 Å². The summed E-state index contributed by atoms with van der Waals surface area (Å²) in [7, 11) is 0. The first kappa shape index (κ1) is 78.8. The zero-order valence-corrected chi connectivity index (χ0v) is 66.7. The van der Waals surface area contributed by atoms with E-state index in [2.05, 4.69) is 340 Å². The van der Waals surface area contributed by atoms with Gasteiger partial charge in [-0.3, -0.25) is 0 Å². The van der Waals surface area contributed by atoms with Crippen LogP contribution in [-0.2, 0) is 38.5 Å². The number of hydrogen-bond acceptors (Lipinski definition) is 0. The molecular formula is C104H120. The molecule has 0 amide bonds. The third-order valence-electron chi connectivity index (χ3n) is 19.8. The predicted octanol–water partition coefficient (Wildman–Crippen LogP) is 31.0. The molecule has 0 saturated carbocycles. The largest absolute Gasteiger partial charge is 0.0683 e. The van der Waals surface area contributed by atoms with Gasteiger partial charge in [0.15, 0.2) is 0 Å². The first-order chi connectivity index (χ1) is 51.0. The maximum Gasteiger partial charge on any atom is 0.00735 e. The summed E-state index contributed by atoms with van der Waals surface area (Å²) in [4.78, 5) is 0. The fourth-order valence-corrected chi connectivity index (χ4v) is 16.0. The molecular weight excluding hydrogens is 1250 g/mol. The zero-order valence-electron chi connectivity index (χ0n) is 66.7. The average molecular weight is 1370 g/mol. The molecule has 2 unspecified atom stereocenters. The Hall–Kier alpha value is -9.36. The molecule has 104 heavy (non-hydrogen) atoms. The van der Waals surface area contributed by atoms with Crippen LogP contribution in [0.3, 0.4) is 0 Å². The van der Waals surface area contributed by atoms with Gasteiger partial charge in [0, 0.05) is 11.8 Å². The van der Waals surface area contributed by atoms with Crippen LogP contribution in [0.25, 0.3) is 89.0 Å². The van der Waals surface area contributed by atoms with Crippen molar-refractivity contribution < 1.29 is 0 Å². The lowest BCUT2D eigenvalue weighted by Gasteiger charge is -2.11. The van der Waals surface area contributed by atoms with Gasteiger partial charge in [-0.2, -0.15) is 0 Å². The maximum atomic E-state index is 2.45. The van der Waals surface area contributed by atoms with Gasteiger partial charge in [0.05, 0.1) is 0 Å². The van der Waals surface area contributed by atoms with Crippen molar-refractivity contribution in [2.24, 2.45) is 0 Å². The lowest BCUT2D eigenvalue weighted by molar-refractivity contribution is 0.956. The molecule has 0 spiro atoms. The van der Waals surface area contributed by atoms with E-state index < -0.39 is 0 Å². The van der Waals surface area contributed by atoms with Crippen molar-refractivity contribution in [3.05, 3.63) is 332 Å². The first-order valence-corrected chi connectivity index (χ1v) is 40.3. The molecule has 536 valence electrons. The van der Waals surface area contributed by atoms with Crippen molar-refractivity contribution in [2.75, 3.05) is 0 Å². The van der Waals surface area contributed by atoms with Crippen molar-refractivity contribution in [3.8, 4) is 89.0 Å². The Morgan fingerprint density at radius 2 is 0.481 bits per heavy atom. The molecule has 20 rings (SSSR count). The predicted molar refractivity (Wildman–Crippen MR) is 460 cm³/mol. The standard InChI is InChI=1S/2C21H16.2C20H14.6C3H8.2C2H6/c1-13-16-7-4-5-9-18(16)21-11-15-10-14-6-2-3-8-17(14)20(15)12-19(13)21;1-13-16-7-4-5-9-19(16)21-17(13)11-10-15-12-14-6-2-3-8-18(14)20(15)21;1-3-7-16-14(6-1)12-19-18(16)10-9-15-11-13-5-2-4-8-17(13)20(15)19;1-3-7-15-13(5-1)11-19-17(15)9-10-18-16-8-4-2-6-14(16)12-20(18)19;6*1-3-2;2*1-2/h2-9,11-13H,10H2,1H3;2-11,13H,12H2,1H3;2*1-10H,11-12H2;6*3H2,1-2H3;2*1-2H3. The fraction of sp³-hybridized carbons (Fsp3) is 0.308. The van der Waals surface area contributed by atoms with Crippen molar-refractivity contribution in [1.29, 1.82) is 0 Å². The molecule has 2 atom stereocenters. The monoisotopic (exact) mass is 1370 g/mol. The van der Waals surface area contributed by atoms with E-state index in [0.717, 1.165) is 38.5 Å². The van der Waals surface area contributed by atoms with E-state index in [1.165, 1.54) is 205 Å². The Labute approximate surface area is 630 Å². The van der Waals surface area contributed by atoms with E-state index in [9.17, 15) is 0 Å². The second-order valence-electron chi connectivity index (χ2n) is 28.3.